The molecule has 0 atom stereocenters. The summed E-state index contributed by atoms with van der Waals surface area (Å²) >= 11 is 0. The molecule has 0 saturated heterocycles. The first-order valence-corrected chi connectivity index (χ1v) is 7.40. The zero-order valence-corrected chi connectivity index (χ0v) is 12.6. The van der Waals surface area contributed by atoms with E-state index in [9.17, 15) is 0 Å². The molecule has 1 aromatic carbocycles. The molecular formula is C16H21N5. The highest BCUT2D eigenvalue weighted by molar-refractivity contribution is 5.75. The number of nitrogens with one attached hydrogen (secondary N) is 1. The van der Waals surface area contributed by atoms with Gasteiger partial charge in [-0.25, -0.2) is 4.98 Å². The number of hydrogen-bond donors (Lipinski definition) is 1. The second-order valence-electron chi connectivity index (χ2n) is 5.21. The number of nitrogens with zero attached hydrogens (tertiary/aromatic N) is 4. The largest absolute Gasteiger partial charge is 0.327 e. The summed E-state index contributed by atoms with van der Waals surface area (Å²) in [5.41, 5.74) is 3.54. The minimum absolute atomic E-state index is 0.794. The third-order valence-electron chi connectivity index (χ3n) is 3.68. The van der Waals surface area contributed by atoms with Crippen LogP contribution in [0.25, 0.3) is 11.0 Å². The Bertz CT molecular complexity index is 725. The van der Waals surface area contributed by atoms with Gasteiger partial charge in [-0.1, -0.05) is 12.1 Å². The van der Waals surface area contributed by atoms with E-state index >= 15 is 0 Å². The molecule has 5 nitrogen and oxygen atoms in total. The van der Waals surface area contributed by atoms with E-state index in [0.29, 0.717) is 0 Å². The van der Waals surface area contributed by atoms with Gasteiger partial charge >= 0.3 is 0 Å². The average Bonchev–Trinajstić information content (AvgIpc) is 3.06. The molecular weight excluding hydrogens is 262 g/mol. The van der Waals surface area contributed by atoms with Crippen molar-refractivity contribution >= 4 is 11.0 Å². The number of imidazole rings is 1. The van der Waals surface area contributed by atoms with Crippen LogP contribution in [0.4, 0.5) is 0 Å². The zero-order valence-electron chi connectivity index (χ0n) is 12.6. The molecule has 0 aliphatic heterocycles. The lowest BCUT2D eigenvalue weighted by Gasteiger charge is -2.07. The molecule has 110 valence electrons. The van der Waals surface area contributed by atoms with Crippen LogP contribution in [0.2, 0.25) is 0 Å². The lowest BCUT2D eigenvalue weighted by molar-refractivity contribution is 0.620. The number of aromatic nitrogens is 4. The second-order valence-corrected chi connectivity index (χ2v) is 5.21. The Morgan fingerprint density at radius 2 is 2.10 bits per heavy atom. The number of hydrogen-bond acceptors (Lipinski definition) is 3. The minimum Gasteiger partial charge on any atom is -0.327 e. The van der Waals surface area contributed by atoms with Crippen molar-refractivity contribution < 1.29 is 0 Å². The van der Waals surface area contributed by atoms with Crippen LogP contribution in [0.15, 0.2) is 36.7 Å². The number of aryl methyl sites for hydroxylation is 2. The Balaban J connectivity index is 1.62. The van der Waals surface area contributed by atoms with Gasteiger partial charge in [0.25, 0.3) is 0 Å². The highest BCUT2D eigenvalue weighted by atomic mass is 15.2. The fraction of sp³-hybridized carbons (Fsp3) is 0.375. The predicted molar refractivity (Wildman–Crippen MR) is 84.0 cm³/mol. The van der Waals surface area contributed by atoms with Crippen molar-refractivity contribution in [3.63, 3.8) is 0 Å². The highest BCUT2D eigenvalue weighted by Gasteiger charge is 2.08. The van der Waals surface area contributed by atoms with Gasteiger partial charge in [-0.05, 0) is 37.6 Å². The fourth-order valence-electron chi connectivity index (χ4n) is 2.65. The molecule has 2 heterocycles. The summed E-state index contributed by atoms with van der Waals surface area (Å²) in [6, 6.07) is 8.30. The SMILES string of the molecule is CCn1c(CNCCc2cnn(C)c2)nc2ccccc21. The van der Waals surface area contributed by atoms with Crippen molar-refractivity contribution in [2.24, 2.45) is 7.05 Å². The van der Waals surface area contributed by atoms with E-state index in [0.717, 1.165) is 37.4 Å². The third-order valence-corrected chi connectivity index (χ3v) is 3.68. The summed E-state index contributed by atoms with van der Waals surface area (Å²) in [6.07, 6.45) is 4.96. The molecule has 3 rings (SSSR count). The molecule has 0 unspecified atom stereocenters. The summed E-state index contributed by atoms with van der Waals surface area (Å²) in [5, 5.41) is 7.66. The summed E-state index contributed by atoms with van der Waals surface area (Å²) in [5.74, 6) is 1.10. The standard InChI is InChI=1S/C16H21N5/c1-3-21-15-7-5-4-6-14(15)19-16(21)11-17-9-8-13-10-18-20(2)12-13/h4-7,10,12,17H,3,8-9,11H2,1-2H3. The van der Waals surface area contributed by atoms with Gasteiger partial charge in [0, 0.05) is 19.8 Å². The van der Waals surface area contributed by atoms with E-state index < -0.39 is 0 Å². The topological polar surface area (TPSA) is 47.7 Å². The summed E-state index contributed by atoms with van der Waals surface area (Å²) in [6.45, 7) is 4.83. The lowest BCUT2D eigenvalue weighted by atomic mass is 10.2. The van der Waals surface area contributed by atoms with Crippen LogP contribution < -0.4 is 5.32 Å². The Hall–Kier alpha value is -2.14. The van der Waals surface area contributed by atoms with E-state index in [2.05, 4.69) is 46.3 Å². The first-order valence-electron chi connectivity index (χ1n) is 7.40. The molecule has 0 amide bonds. The molecule has 0 saturated carbocycles. The quantitative estimate of drug-likeness (QED) is 0.705. The van der Waals surface area contributed by atoms with Crippen molar-refractivity contribution in [1.82, 2.24) is 24.6 Å². The van der Waals surface area contributed by atoms with E-state index in [1.807, 2.05) is 24.0 Å². The van der Waals surface area contributed by atoms with Crippen LogP contribution in [0, 0.1) is 0 Å². The Labute approximate surface area is 124 Å². The normalized spacial score (nSPS) is 11.3. The molecule has 0 aliphatic carbocycles. The molecule has 0 aliphatic rings. The van der Waals surface area contributed by atoms with Crippen LogP contribution in [0.1, 0.15) is 18.3 Å². The van der Waals surface area contributed by atoms with Gasteiger partial charge in [0.05, 0.1) is 23.8 Å². The van der Waals surface area contributed by atoms with Gasteiger partial charge in [-0.2, -0.15) is 5.10 Å². The molecule has 0 bridgehead atoms. The van der Waals surface area contributed by atoms with E-state index in [1.54, 1.807) is 0 Å². The van der Waals surface area contributed by atoms with E-state index in [-0.39, 0.29) is 0 Å². The number of fused-ring (bicyclic) bond motifs is 1. The molecule has 5 heteroatoms. The monoisotopic (exact) mass is 283 g/mol. The van der Waals surface area contributed by atoms with Gasteiger partial charge < -0.3 is 9.88 Å². The zero-order chi connectivity index (χ0) is 14.7. The van der Waals surface area contributed by atoms with Crippen LogP contribution in [0.3, 0.4) is 0 Å². The molecule has 0 radical (unpaired) electrons. The van der Waals surface area contributed by atoms with Gasteiger partial charge in [-0.3, -0.25) is 4.68 Å². The maximum Gasteiger partial charge on any atom is 0.123 e. The second kappa shape index (κ2) is 6.10. The average molecular weight is 283 g/mol. The number of para-hydroxylation sites is 2. The third kappa shape index (κ3) is 2.97. The maximum absolute atomic E-state index is 4.72. The van der Waals surface area contributed by atoms with Crippen molar-refractivity contribution in [3.05, 3.63) is 48.0 Å². The molecule has 3 aromatic rings. The van der Waals surface area contributed by atoms with Crippen molar-refractivity contribution in [3.8, 4) is 0 Å². The summed E-state index contributed by atoms with van der Waals surface area (Å²) < 4.78 is 4.11. The molecule has 0 fully saturated rings. The summed E-state index contributed by atoms with van der Waals surface area (Å²) in [4.78, 5) is 4.72. The number of benzene rings is 1. The maximum atomic E-state index is 4.72. The van der Waals surface area contributed by atoms with Crippen molar-refractivity contribution in [2.75, 3.05) is 6.54 Å². The molecule has 1 N–H and O–H groups in total. The fourth-order valence-corrected chi connectivity index (χ4v) is 2.65. The van der Waals surface area contributed by atoms with Gasteiger partial charge in [0.2, 0.25) is 0 Å². The number of rotatable bonds is 6. The van der Waals surface area contributed by atoms with E-state index in [4.69, 9.17) is 4.98 Å². The predicted octanol–water partition coefficient (Wildman–Crippen LogP) is 2.12. The highest BCUT2D eigenvalue weighted by Crippen LogP contribution is 2.15. The van der Waals surface area contributed by atoms with Gasteiger partial charge in [0.1, 0.15) is 5.82 Å². The van der Waals surface area contributed by atoms with Crippen LogP contribution in [0.5, 0.6) is 0 Å². The first-order chi connectivity index (χ1) is 10.3. The first kappa shape index (κ1) is 13.8. The molecule has 2 aromatic heterocycles. The Morgan fingerprint density at radius 3 is 2.86 bits per heavy atom. The van der Waals surface area contributed by atoms with Crippen molar-refractivity contribution in [1.29, 1.82) is 0 Å². The van der Waals surface area contributed by atoms with Gasteiger partial charge in [-0.15, -0.1) is 0 Å². The molecule has 21 heavy (non-hydrogen) atoms. The molecule has 0 spiro atoms. The Morgan fingerprint density at radius 1 is 1.24 bits per heavy atom. The van der Waals surface area contributed by atoms with Crippen LogP contribution in [-0.4, -0.2) is 25.9 Å². The van der Waals surface area contributed by atoms with E-state index in [1.165, 1.54) is 11.1 Å². The van der Waals surface area contributed by atoms with Crippen LogP contribution in [-0.2, 0) is 26.6 Å². The minimum atomic E-state index is 0.794. The van der Waals surface area contributed by atoms with Crippen LogP contribution >= 0.6 is 0 Å². The summed E-state index contributed by atoms with van der Waals surface area (Å²) in [7, 11) is 1.94. The smallest absolute Gasteiger partial charge is 0.123 e. The van der Waals surface area contributed by atoms with Crippen molar-refractivity contribution in [2.45, 2.75) is 26.4 Å². The Kier molecular flexibility index (Phi) is 4.01. The van der Waals surface area contributed by atoms with Gasteiger partial charge in [0.15, 0.2) is 0 Å². The lowest BCUT2D eigenvalue weighted by Crippen LogP contribution is -2.19.